The Morgan fingerprint density at radius 2 is 2.15 bits per heavy atom. The second-order valence-corrected chi connectivity index (χ2v) is 4.66. The van der Waals surface area contributed by atoms with Crippen molar-refractivity contribution in [1.29, 1.82) is 0 Å². The number of thiophene rings is 1. The van der Waals surface area contributed by atoms with Gasteiger partial charge in [-0.15, -0.1) is 11.3 Å². The van der Waals surface area contributed by atoms with Crippen molar-refractivity contribution in [2.24, 2.45) is 0 Å². The van der Waals surface area contributed by atoms with Gasteiger partial charge >= 0.3 is 18.2 Å². The van der Waals surface area contributed by atoms with E-state index in [9.17, 15) is 22.8 Å². The van der Waals surface area contributed by atoms with Crippen LogP contribution in [0.25, 0.3) is 0 Å². The Bertz CT molecular complexity index is 447. The molecule has 1 aromatic heterocycles. The number of hydrogen-bond donors (Lipinski definition) is 1. The van der Waals surface area contributed by atoms with Gasteiger partial charge in [0.15, 0.2) is 6.61 Å². The first-order chi connectivity index (χ1) is 9.31. The number of alkyl carbamates (subject to hydrolysis) is 1. The fourth-order valence-corrected chi connectivity index (χ4v) is 2.07. The van der Waals surface area contributed by atoms with Crippen LogP contribution in [0.5, 0.6) is 0 Å². The number of nitrogens with one attached hydrogen (secondary N) is 1. The fraction of sp³-hybridized carbons (Fsp3) is 0.455. The molecule has 0 saturated heterocycles. The normalized spacial score (nSPS) is 12.6. The molecule has 0 aromatic carbocycles. The van der Waals surface area contributed by atoms with E-state index in [2.05, 4.69) is 14.8 Å². The lowest BCUT2D eigenvalue weighted by molar-refractivity contribution is -0.160. The Balaban J connectivity index is 2.61. The Kier molecular flexibility index (Phi) is 5.81. The molecule has 1 unspecified atom stereocenters. The molecule has 1 atom stereocenters. The third-order valence-electron chi connectivity index (χ3n) is 2.14. The predicted molar refractivity (Wildman–Crippen MR) is 64.2 cm³/mol. The van der Waals surface area contributed by atoms with Gasteiger partial charge < -0.3 is 14.8 Å². The second-order valence-electron chi connectivity index (χ2n) is 3.68. The highest BCUT2D eigenvalue weighted by atomic mass is 32.1. The molecule has 1 amide bonds. The summed E-state index contributed by atoms with van der Waals surface area (Å²) in [6, 6.07) is 2.54. The van der Waals surface area contributed by atoms with Crippen molar-refractivity contribution < 1.29 is 32.2 Å². The molecule has 0 aliphatic rings. The van der Waals surface area contributed by atoms with Crippen molar-refractivity contribution in [3.05, 3.63) is 22.4 Å². The lowest BCUT2D eigenvalue weighted by Crippen LogP contribution is -2.33. The number of esters is 1. The van der Waals surface area contributed by atoms with E-state index >= 15 is 0 Å². The Morgan fingerprint density at radius 3 is 2.65 bits per heavy atom. The van der Waals surface area contributed by atoms with Crippen molar-refractivity contribution in [2.45, 2.75) is 18.6 Å². The molecule has 1 aromatic rings. The molecule has 0 radical (unpaired) electrons. The van der Waals surface area contributed by atoms with Crippen LogP contribution < -0.4 is 5.32 Å². The molecule has 112 valence electrons. The molecule has 0 bridgehead atoms. The summed E-state index contributed by atoms with van der Waals surface area (Å²) in [5.74, 6) is -0.598. The number of amides is 1. The van der Waals surface area contributed by atoms with E-state index in [-0.39, 0.29) is 6.42 Å². The number of hydrogen-bond acceptors (Lipinski definition) is 5. The summed E-state index contributed by atoms with van der Waals surface area (Å²) in [5, 5.41) is 3.92. The molecule has 0 fully saturated rings. The zero-order valence-corrected chi connectivity index (χ0v) is 11.2. The van der Waals surface area contributed by atoms with Gasteiger partial charge in [-0.1, -0.05) is 6.07 Å². The summed E-state index contributed by atoms with van der Waals surface area (Å²) in [5.41, 5.74) is 0. The minimum atomic E-state index is -4.60. The molecule has 5 nitrogen and oxygen atoms in total. The van der Waals surface area contributed by atoms with Gasteiger partial charge in [0.05, 0.1) is 19.6 Å². The Labute approximate surface area is 116 Å². The first-order valence-corrected chi connectivity index (χ1v) is 6.30. The van der Waals surface area contributed by atoms with Gasteiger partial charge in [-0.25, -0.2) is 4.79 Å². The Hall–Kier alpha value is -1.77. The highest BCUT2D eigenvalue weighted by molar-refractivity contribution is 7.10. The first-order valence-electron chi connectivity index (χ1n) is 5.42. The third-order valence-corrected chi connectivity index (χ3v) is 3.13. The summed E-state index contributed by atoms with van der Waals surface area (Å²) in [7, 11) is 1.18. The van der Waals surface area contributed by atoms with Crippen LogP contribution in [-0.2, 0) is 14.3 Å². The van der Waals surface area contributed by atoms with E-state index in [1.807, 2.05) is 0 Å². The number of carbonyl (C=O) groups excluding carboxylic acids is 2. The van der Waals surface area contributed by atoms with Crippen molar-refractivity contribution in [2.75, 3.05) is 13.7 Å². The van der Waals surface area contributed by atoms with Gasteiger partial charge in [0.1, 0.15) is 0 Å². The number of methoxy groups -OCH3 is 1. The maximum atomic E-state index is 11.9. The number of carbonyl (C=O) groups is 2. The zero-order valence-electron chi connectivity index (χ0n) is 10.4. The largest absolute Gasteiger partial charge is 0.469 e. The molecule has 9 heteroatoms. The number of ether oxygens (including phenoxy) is 2. The maximum Gasteiger partial charge on any atom is 0.422 e. The number of rotatable bonds is 5. The standard InChI is InChI=1S/C11H12F3NO4S/c1-18-9(16)5-7(8-3-2-4-20-8)15-10(17)19-6-11(12,13)14/h2-4,7H,5-6H2,1H3,(H,15,17). The summed E-state index contributed by atoms with van der Waals surface area (Å²) in [6.45, 7) is -1.69. The number of halogens is 3. The van der Waals surface area contributed by atoms with Crippen LogP contribution in [0.2, 0.25) is 0 Å². The molecular formula is C11H12F3NO4S. The first kappa shape index (κ1) is 16.3. The van der Waals surface area contributed by atoms with Crippen LogP contribution in [0.3, 0.4) is 0 Å². The average Bonchev–Trinajstić information content (AvgIpc) is 2.88. The van der Waals surface area contributed by atoms with Crippen molar-refractivity contribution in [3.8, 4) is 0 Å². The molecule has 0 spiro atoms. The summed E-state index contributed by atoms with van der Waals surface area (Å²) >= 11 is 1.25. The van der Waals surface area contributed by atoms with Crippen LogP contribution >= 0.6 is 11.3 Å². The SMILES string of the molecule is COC(=O)CC(NC(=O)OCC(F)(F)F)c1cccs1. The Morgan fingerprint density at radius 1 is 1.45 bits per heavy atom. The molecule has 20 heavy (non-hydrogen) atoms. The highest BCUT2D eigenvalue weighted by Gasteiger charge is 2.30. The van der Waals surface area contributed by atoms with Gasteiger partial charge in [0, 0.05) is 4.88 Å². The minimum Gasteiger partial charge on any atom is -0.469 e. The minimum absolute atomic E-state index is 0.196. The summed E-state index contributed by atoms with van der Waals surface area (Å²) in [4.78, 5) is 23.1. The zero-order chi connectivity index (χ0) is 15.2. The summed E-state index contributed by atoms with van der Waals surface area (Å²) < 4.78 is 44.2. The molecule has 0 saturated carbocycles. The quantitative estimate of drug-likeness (QED) is 0.849. The van der Waals surface area contributed by atoms with Crippen LogP contribution in [0.4, 0.5) is 18.0 Å². The predicted octanol–water partition coefficient (Wildman–Crippen LogP) is 2.64. The van der Waals surface area contributed by atoms with E-state index in [4.69, 9.17) is 0 Å². The maximum absolute atomic E-state index is 11.9. The van der Waals surface area contributed by atoms with E-state index in [0.29, 0.717) is 4.88 Å². The van der Waals surface area contributed by atoms with Crippen molar-refractivity contribution in [1.82, 2.24) is 5.32 Å². The van der Waals surface area contributed by atoms with E-state index in [0.717, 1.165) is 0 Å². The molecular weight excluding hydrogens is 299 g/mol. The lowest BCUT2D eigenvalue weighted by Gasteiger charge is -2.16. The monoisotopic (exact) mass is 311 g/mol. The van der Waals surface area contributed by atoms with Crippen molar-refractivity contribution >= 4 is 23.4 Å². The third kappa shape index (κ3) is 5.91. The van der Waals surface area contributed by atoms with E-state index in [1.165, 1.54) is 18.4 Å². The van der Waals surface area contributed by atoms with Gasteiger partial charge in [-0.3, -0.25) is 4.79 Å². The number of alkyl halides is 3. The molecule has 1 rings (SSSR count). The van der Waals surface area contributed by atoms with Gasteiger partial charge in [-0.2, -0.15) is 13.2 Å². The summed E-state index contributed by atoms with van der Waals surface area (Å²) in [6.07, 6.45) is -6.04. The highest BCUT2D eigenvalue weighted by Crippen LogP contribution is 2.23. The van der Waals surface area contributed by atoms with Crippen LogP contribution in [0, 0.1) is 0 Å². The van der Waals surface area contributed by atoms with Gasteiger partial charge in [-0.05, 0) is 11.4 Å². The lowest BCUT2D eigenvalue weighted by atomic mass is 10.2. The van der Waals surface area contributed by atoms with E-state index in [1.54, 1.807) is 17.5 Å². The van der Waals surface area contributed by atoms with Crippen LogP contribution in [-0.4, -0.2) is 32.0 Å². The molecule has 1 heterocycles. The van der Waals surface area contributed by atoms with Gasteiger partial charge in [0.2, 0.25) is 0 Å². The average molecular weight is 311 g/mol. The van der Waals surface area contributed by atoms with Crippen molar-refractivity contribution in [3.63, 3.8) is 0 Å². The van der Waals surface area contributed by atoms with E-state index < -0.39 is 30.9 Å². The smallest absolute Gasteiger partial charge is 0.422 e. The van der Waals surface area contributed by atoms with Crippen LogP contribution in [0.15, 0.2) is 17.5 Å². The van der Waals surface area contributed by atoms with Gasteiger partial charge in [0.25, 0.3) is 0 Å². The topological polar surface area (TPSA) is 64.6 Å². The molecule has 1 N–H and O–H groups in total. The second kappa shape index (κ2) is 7.13. The molecule has 0 aliphatic heterocycles. The fourth-order valence-electron chi connectivity index (χ4n) is 1.29. The van der Waals surface area contributed by atoms with Crippen LogP contribution in [0.1, 0.15) is 17.3 Å². The molecule has 0 aliphatic carbocycles.